The highest BCUT2D eigenvalue weighted by Crippen LogP contribution is 2.46. The molecule has 10 aromatic rings. The number of hydrogen-bond donors (Lipinski definition) is 1. The molecule has 262 valence electrons. The topological polar surface area (TPSA) is 50.7 Å². The number of benzene rings is 8. The van der Waals surface area contributed by atoms with Crippen LogP contribution in [-0.4, -0.2) is 15.0 Å². The molecular weight excluding hydrogens is 681 g/mol. The van der Waals surface area contributed by atoms with Crippen molar-refractivity contribution in [1.29, 1.82) is 0 Å². The zero-order valence-corrected chi connectivity index (χ0v) is 30.4. The van der Waals surface area contributed by atoms with Gasteiger partial charge >= 0.3 is 0 Å². The lowest BCUT2D eigenvalue weighted by Crippen LogP contribution is -2.14. The van der Waals surface area contributed by atoms with Crippen LogP contribution in [0.5, 0.6) is 0 Å². The summed E-state index contributed by atoms with van der Waals surface area (Å²) in [6, 6.07) is 63.8. The van der Waals surface area contributed by atoms with Gasteiger partial charge in [-0.1, -0.05) is 182 Å². The van der Waals surface area contributed by atoms with E-state index < -0.39 is 0 Å². The molecule has 11 rings (SSSR count). The van der Waals surface area contributed by atoms with Gasteiger partial charge in [0.2, 0.25) is 0 Å². The minimum atomic E-state index is -0.123. The minimum absolute atomic E-state index is 0.123. The van der Waals surface area contributed by atoms with Gasteiger partial charge < -0.3 is 5.32 Å². The van der Waals surface area contributed by atoms with Gasteiger partial charge in [0.25, 0.3) is 0 Å². The second-order valence-corrected chi connectivity index (χ2v) is 14.4. The molecule has 1 atom stereocenters. The summed E-state index contributed by atoms with van der Waals surface area (Å²) in [6.45, 7) is 0. The van der Waals surface area contributed by atoms with Crippen LogP contribution in [0.15, 0.2) is 188 Å². The first kappa shape index (κ1) is 32.0. The third-order valence-corrected chi connectivity index (χ3v) is 11.1. The van der Waals surface area contributed by atoms with Gasteiger partial charge in [-0.15, -0.1) is 0 Å². The molecule has 0 radical (unpaired) electrons. The Labute approximate surface area is 324 Å². The third-order valence-electron chi connectivity index (χ3n) is 11.1. The largest absolute Gasteiger partial charge is 0.372 e. The molecule has 0 bridgehead atoms. The molecule has 4 nitrogen and oxygen atoms in total. The molecule has 4 heteroatoms. The van der Waals surface area contributed by atoms with Crippen molar-refractivity contribution in [3.8, 4) is 45.0 Å². The van der Waals surface area contributed by atoms with E-state index in [0.29, 0.717) is 5.82 Å². The highest BCUT2D eigenvalue weighted by Gasteiger charge is 2.26. The first-order chi connectivity index (χ1) is 27.8. The van der Waals surface area contributed by atoms with Crippen molar-refractivity contribution in [1.82, 2.24) is 15.0 Å². The van der Waals surface area contributed by atoms with Crippen LogP contribution in [0.3, 0.4) is 0 Å². The van der Waals surface area contributed by atoms with E-state index in [9.17, 15) is 0 Å². The molecule has 3 heterocycles. The summed E-state index contributed by atoms with van der Waals surface area (Å²) in [5.74, 6) is 0.706. The number of pyridine rings is 1. The molecule has 1 unspecified atom stereocenters. The maximum absolute atomic E-state index is 5.34. The van der Waals surface area contributed by atoms with Crippen LogP contribution >= 0.6 is 0 Å². The highest BCUT2D eigenvalue weighted by molar-refractivity contribution is 6.16. The molecule has 0 aliphatic carbocycles. The van der Waals surface area contributed by atoms with Gasteiger partial charge in [-0.05, 0) is 50.4 Å². The Bertz CT molecular complexity index is 3040. The molecule has 56 heavy (non-hydrogen) atoms. The summed E-state index contributed by atoms with van der Waals surface area (Å²) in [6.07, 6.45) is 4.55. The molecule has 8 aromatic carbocycles. The summed E-state index contributed by atoms with van der Waals surface area (Å²) in [5.41, 5.74) is 12.6. The van der Waals surface area contributed by atoms with Crippen molar-refractivity contribution in [3.05, 3.63) is 199 Å². The van der Waals surface area contributed by atoms with Crippen LogP contribution in [0.25, 0.3) is 94.5 Å². The van der Waals surface area contributed by atoms with Crippen LogP contribution in [0.4, 0.5) is 5.69 Å². The van der Waals surface area contributed by atoms with E-state index in [0.717, 1.165) is 82.7 Å². The molecular formula is C52H34N4. The van der Waals surface area contributed by atoms with Crippen LogP contribution < -0.4 is 5.32 Å². The molecule has 0 saturated carbocycles. The Morgan fingerprint density at radius 3 is 1.54 bits per heavy atom. The highest BCUT2D eigenvalue weighted by atomic mass is 14.9. The lowest BCUT2D eigenvalue weighted by atomic mass is 9.86. The molecule has 0 spiro atoms. The monoisotopic (exact) mass is 714 g/mol. The Kier molecular flexibility index (Phi) is 7.52. The Morgan fingerprint density at radius 1 is 0.411 bits per heavy atom. The van der Waals surface area contributed by atoms with Crippen LogP contribution in [0.1, 0.15) is 17.2 Å². The maximum atomic E-state index is 5.34. The number of hydrogen-bond acceptors (Lipinski definition) is 4. The van der Waals surface area contributed by atoms with E-state index in [2.05, 4.69) is 187 Å². The van der Waals surface area contributed by atoms with Crippen molar-refractivity contribution in [2.45, 2.75) is 6.04 Å². The summed E-state index contributed by atoms with van der Waals surface area (Å²) in [5, 5.41) is 10.8. The average molecular weight is 715 g/mol. The fourth-order valence-electron chi connectivity index (χ4n) is 8.56. The normalized spacial score (nSPS) is 13.6. The zero-order chi connectivity index (χ0) is 37.0. The molecule has 2 aromatic heterocycles. The maximum Gasteiger partial charge on any atom is 0.161 e. The number of nitrogens with one attached hydrogen (secondary N) is 1. The molecule has 1 aliphatic heterocycles. The van der Waals surface area contributed by atoms with Crippen molar-refractivity contribution < 1.29 is 0 Å². The molecule has 0 saturated heterocycles. The standard InChI is InChI=1S/C52H34N4/c1-4-16-33(17-5-1)45-32-46(34-18-6-2-7-19-34)56-52(55-45)49-39-24-12-10-22-37(39)48(38-23-11-13-25-40(38)49)44-31-29-36-28-30-42-47(35-20-8-3-9-21-35)41-26-14-15-27-43(41)53-51(42)50(36)54-44/h1-32,44,54H. The third kappa shape index (κ3) is 5.26. The Balaban J connectivity index is 1.13. The second-order valence-electron chi connectivity index (χ2n) is 14.4. The predicted octanol–water partition coefficient (Wildman–Crippen LogP) is 13.3. The molecule has 0 fully saturated rings. The van der Waals surface area contributed by atoms with Gasteiger partial charge in [-0.25, -0.2) is 15.0 Å². The van der Waals surface area contributed by atoms with Crippen molar-refractivity contribution in [2.75, 3.05) is 5.32 Å². The van der Waals surface area contributed by atoms with Crippen molar-refractivity contribution in [3.63, 3.8) is 0 Å². The summed E-state index contributed by atoms with van der Waals surface area (Å²) < 4.78 is 0. The average Bonchev–Trinajstić information content (AvgIpc) is 3.28. The fraction of sp³-hybridized carbons (Fsp3) is 0.0192. The first-order valence-corrected chi connectivity index (χ1v) is 19.1. The number of fused-ring (bicyclic) bond motifs is 6. The molecule has 0 amide bonds. The smallest absolute Gasteiger partial charge is 0.161 e. The van der Waals surface area contributed by atoms with E-state index in [-0.39, 0.29) is 6.04 Å². The van der Waals surface area contributed by atoms with Crippen molar-refractivity contribution in [2.24, 2.45) is 0 Å². The number of aromatic nitrogens is 3. The zero-order valence-electron chi connectivity index (χ0n) is 30.4. The van der Waals surface area contributed by atoms with Crippen LogP contribution in [0, 0.1) is 0 Å². The molecule has 1 N–H and O–H groups in total. The van der Waals surface area contributed by atoms with Crippen LogP contribution in [0.2, 0.25) is 0 Å². The molecule has 1 aliphatic rings. The van der Waals surface area contributed by atoms with Gasteiger partial charge in [0, 0.05) is 33.0 Å². The van der Waals surface area contributed by atoms with Gasteiger partial charge in [0.15, 0.2) is 5.82 Å². The summed E-state index contributed by atoms with van der Waals surface area (Å²) >= 11 is 0. The lowest BCUT2D eigenvalue weighted by Gasteiger charge is -2.27. The van der Waals surface area contributed by atoms with E-state index in [1.54, 1.807) is 0 Å². The number of nitrogens with zero attached hydrogens (tertiary/aromatic N) is 3. The van der Waals surface area contributed by atoms with E-state index >= 15 is 0 Å². The van der Waals surface area contributed by atoms with Gasteiger partial charge in [-0.3, -0.25) is 0 Å². The van der Waals surface area contributed by atoms with E-state index in [1.807, 2.05) is 12.1 Å². The van der Waals surface area contributed by atoms with Gasteiger partial charge in [0.05, 0.1) is 34.2 Å². The predicted molar refractivity (Wildman–Crippen MR) is 233 cm³/mol. The van der Waals surface area contributed by atoms with Crippen LogP contribution in [-0.2, 0) is 0 Å². The summed E-state index contributed by atoms with van der Waals surface area (Å²) in [7, 11) is 0. The van der Waals surface area contributed by atoms with Crippen molar-refractivity contribution >= 4 is 55.1 Å². The number of anilines is 1. The number of para-hydroxylation sites is 1. The quantitative estimate of drug-likeness (QED) is 0.180. The lowest BCUT2D eigenvalue weighted by molar-refractivity contribution is 1.00. The fourth-order valence-corrected chi connectivity index (χ4v) is 8.56. The van der Waals surface area contributed by atoms with Gasteiger partial charge in [0.1, 0.15) is 0 Å². The SMILES string of the molecule is C1=CC(c2c3ccccc3c(-c3nc(-c4ccccc4)cc(-c4ccccc4)n3)c3ccccc23)Nc2c1ccc1c(-c3ccccc3)c3ccccc3nc21. The Morgan fingerprint density at radius 2 is 0.929 bits per heavy atom. The summed E-state index contributed by atoms with van der Waals surface area (Å²) in [4.78, 5) is 16.0. The number of rotatable bonds is 5. The van der Waals surface area contributed by atoms with E-state index in [4.69, 9.17) is 15.0 Å². The second kappa shape index (κ2) is 13.2. The first-order valence-electron chi connectivity index (χ1n) is 19.1. The Hall–Kier alpha value is -7.43. The van der Waals surface area contributed by atoms with E-state index in [1.165, 1.54) is 16.7 Å². The minimum Gasteiger partial charge on any atom is -0.372 e. The van der Waals surface area contributed by atoms with Gasteiger partial charge in [-0.2, -0.15) is 0 Å².